The highest BCUT2D eigenvalue weighted by Gasteiger charge is 2.37. The third-order valence-electron chi connectivity index (χ3n) is 5.21. The molecule has 1 aliphatic heterocycles. The molecule has 1 aromatic heterocycles. The van der Waals surface area contributed by atoms with Crippen LogP contribution in [0.4, 0.5) is 5.69 Å². The van der Waals surface area contributed by atoms with Gasteiger partial charge in [-0.2, -0.15) is 4.68 Å². The van der Waals surface area contributed by atoms with E-state index in [1.54, 1.807) is 60.7 Å². The third kappa shape index (κ3) is 2.89. The lowest BCUT2D eigenvalue weighted by molar-refractivity contribution is -0.115. The average Bonchev–Trinajstić information content (AvgIpc) is 3.05. The largest absolute Gasteiger partial charge is 0.282 e. The molecule has 156 valence electrons. The van der Waals surface area contributed by atoms with E-state index >= 15 is 0 Å². The maximum Gasteiger partial charge on any atom is 0.282 e. The number of carbonyl (C=O) groups excluding carboxylic acids is 3. The maximum atomic E-state index is 13.6. The maximum absolute atomic E-state index is 13.6. The van der Waals surface area contributed by atoms with Gasteiger partial charge in [-0.3, -0.25) is 24.6 Å². The van der Waals surface area contributed by atoms with Crippen molar-refractivity contribution in [3.63, 3.8) is 0 Å². The summed E-state index contributed by atoms with van der Waals surface area (Å²) in [5, 5.41) is 0.0513. The Kier molecular flexibility index (Phi) is 4.41. The second kappa shape index (κ2) is 7.28. The lowest BCUT2D eigenvalue weighted by atomic mass is 10.1. The van der Waals surface area contributed by atoms with Gasteiger partial charge >= 0.3 is 0 Å². The first-order valence-corrected chi connectivity index (χ1v) is 9.84. The number of nitrogens with zero attached hydrogens (tertiary/aromatic N) is 3. The molecule has 3 amide bonds. The fourth-order valence-electron chi connectivity index (χ4n) is 3.85. The standard InChI is InChI=1S/C24H16N4O4/c1-14(29)26-28-21(15-8-3-2-4-9-15)25-18-12-7-13-19(20(18)24(28)32)27-22(30)16-10-5-6-11-17(16)23(27)31/h2-13H,1H3,(H,26,29). The zero-order valence-corrected chi connectivity index (χ0v) is 16.9. The Hall–Kier alpha value is -4.59. The first-order valence-electron chi connectivity index (χ1n) is 9.84. The molecule has 0 fully saturated rings. The minimum atomic E-state index is -0.601. The third-order valence-corrected chi connectivity index (χ3v) is 5.21. The van der Waals surface area contributed by atoms with Crippen LogP contribution in [-0.2, 0) is 4.79 Å². The highest BCUT2D eigenvalue weighted by atomic mass is 16.2. The average molecular weight is 424 g/mol. The van der Waals surface area contributed by atoms with Crippen LogP contribution in [0, 0.1) is 0 Å². The number of aromatic nitrogens is 2. The van der Waals surface area contributed by atoms with Crippen molar-refractivity contribution < 1.29 is 14.4 Å². The Balaban J connectivity index is 1.79. The molecule has 8 heteroatoms. The smallest absolute Gasteiger partial charge is 0.274 e. The van der Waals surface area contributed by atoms with Gasteiger partial charge in [-0.05, 0) is 24.3 Å². The Morgan fingerprint density at radius 3 is 2.06 bits per heavy atom. The second-order valence-corrected chi connectivity index (χ2v) is 7.27. The van der Waals surface area contributed by atoms with Crippen LogP contribution in [0.25, 0.3) is 22.3 Å². The van der Waals surface area contributed by atoms with Gasteiger partial charge in [0.05, 0.1) is 27.7 Å². The van der Waals surface area contributed by atoms with E-state index in [0.717, 1.165) is 9.58 Å². The summed E-state index contributed by atoms with van der Waals surface area (Å²) in [5.41, 5.74) is 3.47. The van der Waals surface area contributed by atoms with Gasteiger partial charge in [0.15, 0.2) is 5.82 Å². The fraction of sp³-hybridized carbons (Fsp3) is 0.0417. The Bertz CT molecular complexity index is 1460. The Labute approximate surface area is 181 Å². The molecule has 0 saturated heterocycles. The molecule has 3 aromatic carbocycles. The molecule has 1 N–H and O–H groups in total. The number of benzene rings is 3. The number of amides is 3. The highest BCUT2D eigenvalue weighted by molar-refractivity contribution is 6.35. The van der Waals surface area contributed by atoms with E-state index in [4.69, 9.17) is 0 Å². The van der Waals surface area contributed by atoms with Crippen molar-refractivity contribution in [3.05, 3.63) is 94.3 Å². The van der Waals surface area contributed by atoms with Crippen LogP contribution in [0.3, 0.4) is 0 Å². The number of anilines is 1. The predicted octanol–water partition coefficient (Wildman–Crippen LogP) is 2.95. The number of nitrogens with one attached hydrogen (secondary N) is 1. The number of fused-ring (bicyclic) bond motifs is 2. The molecule has 8 nitrogen and oxygen atoms in total. The molecule has 5 rings (SSSR count). The van der Waals surface area contributed by atoms with E-state index in [0.29, 0.717) is 11.1 Å². The fourth-order valence-corrected chi connectivity index (χ4v) is 3.85. The minimum Gasteiger partial charge on any atom is -0.274 e. The topological polar surface area (TPSA) is 101 Å². The van der Waals surface area contributed by atoms with Gasteiger partial charge < -0.3 is 0 Å². The second-order valence-electron chi connectivity index (χ2n) is 7.27. The molecule has 4 aromatic rings. The molecular weight excluding hydrogens is 408 g/mol. The van der Waals surface area contributed by atoms with E-state index in [1.807, 2.05) is 6.07 Å². The molecule has 0 atom stereocenters. The zero-order valence-electron chi connectivity index (χ0n) is 16.9. The summed E-state index contributed by atoms with van der Waals surface area (Å²) < 4.78 is 1.04. The van der Waals surface area contributed by atoms with Gasteiger partial charge in [-0.1, -0.05) is 48.5 Å². The van der Waals surface area contributed by atoms with E-state index in [1.165, 1.54) is 13.0 Å². The van der Waals surface area contributed by atoms with Gasteiger partial charge in [-0.15, -0.1) is 0 Å². The van der Waals surface area contributed by atoms with Gasteiger partial charge in [0, 0.05) is 12.5 Å². The van der Waals surface area contributed by atoms with Gasteiger partial charge in [0.1, 0.15) is 0 Å². The number of carbonyl (C=O) groups is 3. The van der Waals surface area contributed by atoms with Crippen LogP contribution in [0.1, 0.15) is 27.6 Å². The quantitative estimate of drug-likeness (QED) is 0.510. The van der Waals surface area contributed by atoms with Crippen LogP contribution in [0.2, 0.25) is 0 Å². The number of hydrogen-bond acceptors (Lipinski definition) is 5. The number of hydrogen-bond donors (Lipinski definition) is 1. The summed E-state index contributed by atoms with van der Waals surface area (Å²) in [7, 11) is 0. The van der Waals surface area contributed by atoms with Crippen molar-refractivity contribution >= 4 is 34.3 Å². The molecule has 0 unspecified atom stereocenters. The normalized spacial score (nSPS) is 12.8. The van der Waals surface area contributed by atoms with Crippen LogP contribution in [-0.4, -0.2) is 27.4 Å². The Morgan fingerprint density at radius 1 is 0.812 bits per heavy atom. The summed E-state index contributed by atoms with van der Waals surface area (Å²) in [6.45, 7) is 1.28. The van der Waals surface area contributed by atoms with Crippen LogP contribution in [0.5, 0.6) is 0 Å². The molecule has 0 saturated carbocycles. The van der Waals surface area contributed by atoms with Crippen molar-refractivity contribution in [3.8, 4) is 11.4 Å². The van der Waals surface area contributed by atoms with Crippen molar-refractivity contribution in [2.24, 2.45) is 0 Å². The summed E-state index contributed by atoms with van der Waals surface area (Å²) in [6.07, 6.45) is 0. The lowest BCUT2D eigenvalue weighted by Crippen LogP contribution is -2.36. The van der Waals surface area contributed by atoms with Crippen molar-refractivity contribution in [1.29, 1.82) is 0 Å². The summed E-state index contributed by atoms with van der Waals surface area (Å²) in [6, 6.07) is 20.2. The van der Waals surface area contributed by atoms with Gasteiger partial charge in [-0.25, -0.2) is 9.88 Å². The molecule has 32 heavy (non-hydrogen) atoms. The molecule has 0 aliphatic carbocycles. The monoisotopic (exact) mass is 424 g/mol. The molecular formula is C24H16N4O4. The Morgan fingerprint density at radius 2 is 1.44 bits per heavy atom. The van der Waals surface area contributed by atoms with E-state index in [2.05, 4.69) is 10.4 Å². The van der Waals surface area contributed by atoms with E-state index < -0.39 is 23.3 Å². The first-order chi connectivity index (χ1) is 15.5. The SMILES string of the molecule is CC(=O)Nn1c(-c2ccccc2)nc2cccc(N3C(=O)c4ccccc4C3=O)c2c1=O. The van der Waals surface area contributed by atoms with Crippen molar-refractivity contribution in [2.75, 3.05) is 10.3 Å². The minimum absolute atomic E-state index is 0.0513. The zero-order chi connectivity index (χ0) is 22.4. The molecule has 0 radical (unpaired) electrons. The molecule has 1 aliphatic rings. The predicted molar refractivity (Wildman–Crippen MR) is 119 cm³/mol. The van der Waals surface area contributed by atoms with Gasteiger partial charge in [0.2, 0.25) is 5.91 Å². The molecule has 2 heterocycles. The molecule has 0 bridgehead atoms. The van der Waals surface area contributed by atoms with Crippen LogP contribution >= 0.6 is 0 Å². The van der Waals surface area contributed by atoms with Gasteiger partial charge in [0.25, 0.3) is 17.4 Å². The number of rotatable bonds is 3. The molecule has 0 spiro atoms. The summed E-state index contributed by atoms with van der Waals surface area (Å²) in [5.74, 6) is -1.27. The van der Waals surface area contributed by atoms with E-state index in [9.17, 15) is 19.2 Å². The highest BCUT2D eigenvalue weighted by Crippen LogP contribution is 2.32. The van der Waals surface area contributed by atoms with Crippen LogP contribution in [0.15, 0.2) is 77.6 Å². The van der Waals surface area contributed by atoms with Crippen LogP contribution < -0.4 is 15.9 Å². The summed E-state index contributed by atoms with van der Waals surface area (Å²) >= 11 is 0. The van der Waals surface area contributed by atoms with Crippen molar-refractivity contribution in [2.45, 2.75) is 6.92 Å². The lowest BCUT2D eigenvalue weighted by Gasteiger charge is -2.18. The first kappa shape index (κ1) is 19.4. The number of imide groups is 1. The summed E-state index contributed by atoms with van der Waals surface area (Å²) in [4.78, 5) is 57.1. The van der Waals surface area contributed by atoms with Crippen molar-refractivity contribution in [1.82, 2.24) is 9.66 Å². The van der Waals surface area contributed by atoms with E-state index in [-0.39, 0.29) is 28.0 Å².